The number of likely N-dealkylation sites (tertiary alicyclic amines) is 1. The van der Waals surface area contributed by atoms with E-state index in [4.69, 9.17) is 41.9 Å². The summed E-state index contributed by atoms with van der Waals surface area (Å²) in [6.07, 6.45) is 8.91. The van der Waals surface area contributed by atoms with E-state index < -0.39 is 22.4 Å². The molecule has 8 rings (SSSR count). The van der Waals surface area contributed by atoms with Crippen LogP contribution in [0.25, 0.3) is 16.7 Å². The summed E-state index contributed by atoms with van der Waals surface area (Å²) in [5.41, 5.74) is 31.6. The first-order valence-corrected chi connectivity index (χ1v) is 30.2. The van der Waals surface area contributed by atoms with Crippen LogP contribution in [0.5, 0.6) is 0 Å². The molecule has 4 aliphatic heterocycles. The summed E-state index contributed by atoms with van der Waals surface area (Å²) in [4.78, 5) is 55.9. The first-order valence-electron chi connectivity index (χ1n) is 30.2. The van der Waals surface area contributed by atoms with Gasteiger partial charge in [0.2, 0.25) is 0 Å². The van der Waals surface area contributed by atoms with Crippen LogP contribution in [0, 0.1) is 27.7 Å². The van der Waals surface area contributed by atoms with Gasteiger partial charge in [0.15, 0.2) is 0 Å². The highest BCUT2D eigenvalue weighted by atomic mass is 16.6. The van der Waals surface area contributed by atoms with Gasteiger partial charge < -0.3 is 61.5 Å². The molecular formula is C64H98N16O8. The lowest BCUT2D eigenvalue weighted by molar-refractivity contribution is 0.00989. The van der Waals surface area contributed by atoms with Crippen LogP contribution in [0.2, 0.25) is 0 Å². The molecule has 0 unspecified atom stereocenters. The van der Waals surface area contributed by atoms with Crippen LogP contribution in [0.15, 0.2) is 42.5 Å². The van der Waals surface area contributed by atoms with Crippen molar-refractivity contribution in [3.8, 4) is 0 Å². The van der Waals surface area contributed by atoms with Gasteiger partial charge in [0.05, 0.1) is 34.9 Å². The zero-order valence-corrected chi connectivity index (χ0v) is 55.7. The lowest BCUT2D eigenvalue weighted by atomic mass is 9.87. The fourth-order valence-corrected chi connectivity index (χ4v) is 10.4. The standard InChI is InChI=1S/C16H26N4O2.3C16H24N4O2/c4*1-10-8-13(17)18-19-14(10)12-6-7-20(11(2)9-12)15(21)22-16(3,4)5/h8,11-12H,6-7,9H2,1-5H3,(H2,17,18);2*8-9,11H,6-7H2,1-5H3,(H2,17,18);6,8,11H,7,9H2,1-5H3,(H2,17,18)/t11-,12+;3*11-/m0000/s1. The Morgan fingerprint density at radius 2 is 0.784 bits per heavy atom. The molecule has 8 N–H and O–H groups in total. The Labute approximate surface area is 520 Å². The Hall–Kier alpha value is -8.18. The second-order valence-corrected chi connectivity index (χ2v) is 27.1. The van der Waals surface area contributed by atoms with E-state index in [9.17, 15) is 19.2 Å². The van der Waals surface area contributed by atoms with Crippen LogP contribution >= 0.6 is 0 Å². The lowest BCUT2D eigenvalue weighted by Crippen LogP contribution is -2.46. The zero-order valence-electron chi connectivity index (χ0n) is 55.7. The van der Waals surface area contributed by atoms with Gasteiger partial charge in [-0.3, -0.25) is 0 Å². The SMILES string of the molecule is Cc1cc(N)nnc1C1=CCN(C(=O)OC(C)(C)C)[C@@H](C)C1.Cc1cc(N)nnc1C1=C[C@H](C)N(C(=O)OC(C)(C)C)CC1.Cc1cc(N)nnc1C1=C[C@H](C)N(C(=O)OC(C)(C)C)CC1.Cc1cc(N)nnc1[C@@H]1CCN(C(=O)OC(C)(C)C)[C@@H](C)C1. The predicted octanol–water partition coefficient (Wildman–Crippen LogP) is 11.2. The maximum Gasteiger partial charge on any atom is 0.410 e. The minimum atomic E-state index is -0.486. The van der Waals surface area contributed by atoms with Gasteiger partial charge in [-0.15, -0.1) is 35.7 Å². The Bertz CT molecular complexity index is 3070. The second-order valence-electron chi connectivity index (χ2n) is 27.1. The second kappa shape index (κ2) is 29.2. The van der Waals surface area contributed by atoms with E-state index in [1.54, 1.807) is 14.7 Å². The molecule has 1 saturated heterocycles. The molecule has 0 aromatic carbocycles. The van der Waals surface area contributed by atoms with Crippen LogP contribution < -0.4 is 22.9 Å². The molecule has 88 heavy (non-hydrogen) atoms. The Morgan fingerprint density at radius 1 is 0.443 bits per heavy atom. The highest BCUT2D eigenvalue weighted by Gasteiger charge is 2.35. The van der Waals surface area contributed by atoms with Crippen molar-refractivity contribution in [3.05, 3.63) is 87.5 Å². The first-order chi connectivity index (χ1) is 40.7. The van der Waals surface area contributed by atoms with Crippen molar-refractivity contribution in [1.29, 1.82) is 0 Å². The summed E-state index contributed by atoms with van der Waals surface area (Å²) in [6, 6.07) is 7.37. The molecule has 5 atom stereocenters. The summed E-state index contributed by atoms with van der Waals surface area (Å²) in [5, 5.41) is 32.6. The molecule has 0 radical (unpaired) electrons. The van der Waals surface area contributed by atoms with Gasteiger partial charge in [-0.05, 0) is 234 Å². The third-order valence-electron chi connectivity index (χ3n) is 14.4. The van der Waals surface area contributed by atoms with Gasteiger partial charge in [-0.1, -0.05) is 18.2 Å². The van der Waals surface area contributed by atoms with Crippen molar-refractivity contribution >= 4 is 64.4 Å². The summed E-state index contributed by atoms with van der Waals surface area (Å²) in [7, 11) is 0. The molecule has 1 fully saturated rings. The third-order valence-corrected chi connectivity index (χ3v) is 14.4. The van der Waals surface area contributed by atoms with E-state index in [-0.39, 0.29) is 48.5 Å². The van der Waals surface area contributed by atoms with Gasteiger partial charge in [-0.2, -0.15) is 5.10 Å². The van der Waals surface area contributed by atoms with E-state index in [0.717, 1.165) is 93.9 Å². The smallest absolute Gasteiger partial charge is 0.410 e. The Kier molecular flexibility index (Phi) is 23.4. The van der Waals surface area contributed by atoms with Crippen molar-refractivity contribution in [2.24, 2.45) is 0 Å². The van der Waals surface area contributed by atoms with Crippen molar-refractivity contribution in [1.82, 2.24) is 60.4 Å². The molecule has 24 heteroatoms. The van der Waals surface area contributed by atoms with Gasteiger partial charge in [0.25, 0.3) is 0 Å². The Balaban J connectivity index is 0.000000214. The molecule has 4 aliphatic rings. The molecule has 0 saturated carbocycles. The minimum absolute atomic E-state index is 0.0441. The first kappa shape index (κ1) is 70.6. The van der Waals surface area contributed by atoms with E-state index in [2.05, 4.69) is 47.7 Å². The zero-order chi connectivity index (χ0) is 66.0. The molecule has 4 amide bonds. The highest BCUT2D eigenvalue weighted by Crippen LogP contribution is 2.34. The van der Waals surface area contributed by atoms with Crippen molar-refractivity contribution in [2.45, 2.75) is 223 Å². The molecule has 4 aromatic rings. The number of nitrogens with zero attached hydrogens (tertiary/aromatic N) is 12. The number of aryl methyl sites for hydroxylation is 4. The van der Waals surface area contributed by atoms with Gasteiger partial charge in [0.1, 0.15) is 45.7 Å². The highest BCUT2D eigenvalue weighted by molar-refractivity contribution is 5.76. The van der Waals surface area contributed by atoms with Crippen LogP contribution in [0.4, 0.5) is 42.4 Å². The van der Waals surface area contributed by atoms with Gasteiger partial charge in [0, 0.05) is 44.2 Å². The minimum Gasteiger partial charge on any atom is -0.444 e. The number of hydrogen-bond donors (Lipinski definition) is 4. The summed E-state index contributed by atoms with van der Waals surface area (Å²) < 4.78 is 21.8. The number of nitrogen functional groups attached to an aromatic ring is 4. The number of hydrogen-bond acceptors (Lipinski definition) is 20. The third kappa shape index (κ3) is 21.0. The number of amides is 4. The summed E-state index contributed by atoms with van der Waals surface area (Å²) >= 11 is 0. The van der Waals surface area contributed by atoms with Crippen LogP contribution in [-0.4, -0.2) is 158 Å². The number of carbonyl (C=O) groups excluding carboxylic acids is 4. The average Bonchev–Trinajstić information content (AvgIpc) is 2.51. The maximum absolute atomic E-state index is 12.2. The van der Waals surface area contributed by atoms with Crippen molar-refractivity contribution in [2.75, 3.05) is 49.1 Å². The number of piperidine rings is 1. The topological polar surface area (TPSA) is 325 Å². The number of carbonyl (C=O) groups is 4. The van der Waals surface area contributed by atoms with E-state index in [1.165, 1.54) is 0 Å². The normalized spacial score (nSPS) is 19.8. The molecule has 4 aromatic heterocycles. The largest absolute Gasteiger partial charge is 0.444 e. The fraction of sp³-hybridized carbons (Fsp3) is 0.594. The average molecular weight is 1220 g/mol. The molecule has 8 heterocycles. The van der Waals surface area contributed by atoms with Crippen molar-refractivity contribution < 1.29 is 38.1 Å². The number of aromatic nitrogens is 8. The van der Waals surface area contributed by atoms with Crippen LogP contribution in [0.1, 0.15) is 194 Å². The monoisotopic (exact) mass is 1220 g/mol. The molecule has 482 valence electrons. The molecule has 0 aliphatic carbocycles. The number of nitrogens with two attached hydrogens (primary N) is 4. The number of ether oxygens (including phenoxy) is 4. The van der Waals surface area contributed by atoms with E-state index in [0.29, 0.717) is 55.4 Å². The number of anilines is 4. The fourth-order valence-electron chi connectivity index (χ4n) is 10.4. The van der Waals surface area contributed by atoms with E-state index >= 15 is 0 Å². The maximum atomic E-state index is 12.2. The molecular weight excluding hydrogens is 1120 g/mol. The summed E-state index contributed by atoms with van der Waals surface area (Å²) in [5.74, 6) is 2.01. The van der Waals surface area contributed by atoms with Gasteiger partial charge >= 0.3 is 24.4 Å². The van der Waals surface area contributed by atoms with E-state index in [1.807, 2.05) is 179 Å². The molecule has 0 spiro atoms. The van der Waals surface area contributed by atoms with Crippen molar-refractivity contribution in [3.63, 3.8) is 0 Å². The predicted molar refractivity (Wildman–Crippen MR) is 344 cm³/mol. The van der Waals surface area contributed by atoms with Crippen LogP contribution in [-0.2, 0) is 18.9 Å². The number of rotatable bonds is 4. The molecule has 0 bridgehead atoms. The summed E-state index contributed by atoms with van der Waals surface area (Å²) in [6.45, 7) is 40.8. The molecule has 24 nitrogen and oxygen atoms in total. The lowest BCUT2D eigenvalue weighted by Gasteiger charge is -2.38. The Morgan fingerprint density at radius 3 is 1.11 bits per heavy atom. The van der Waals surface area contributed by atoms with Gasteiger partial charge in [-0.25, -0.2) is 19.2 Å². The van der Waals surface area contributed by atoms with Crippen LogP contribution in [0.3, 0.4) is 0 Å². The quantitative estimate of drug-likeness (QED) is 0.138.